The van der Waals surface area contributed by atoms with Gasteiger partial charge in [-0.25, -0.2) is 9.67 Å². The minimum Gasteiger partial charge on any atom is -0.495 e. The Balaban J connectivity index is 1.39. The van der Waals surface area contributed by atoms with Crippen LogP contribution in [0.1, 0.15) is 38.1 Å². The molecule has 0 saturated heterocycles. The zero-order chi connectivity index (χ0) is 24.6. The molecule has 184 valence electrons. The Kier molecular flexibility index (Phi) is 5.59. The van der Waals surface area contributed by atoms with Crippen molar-refractivity contribution in [1.29, 1.82) is 0 Å². The number of aromatic nitrogens is 9. The van der Waals surface area contributed by atoms with Gasteiger partial charge >= 0.3 is 0 Å². The molecule has 36 heavy (non-hydrogen) atoms. The van der Waals surface area contributed by atoms with Crippen molar-refractivity contribution < 1.29 is 4.74 Å². The fraction of sp³-hybridized carbons (Fsp3) is 0.360. The monoisotopic (exact) mass is 484 g/mol. The van der Waals surface area contributed by atoms with Crippen LogP contribution < -0.4 is 10.1 Å². The standard InChI is InChI=1S/C25H28N10O/c1-33-15-18(14-27-33)21-11-17-13-26-25(29-23(17)35(21)19-7-5-4-6-8-19)28-20-10-9-16(12-22(20)36-3)24-30-31-32-34(24)2/h9-15,19H,4-8H2,1-3H3,(H,26,28,29). The molecule has 6 rings (SSSR count). The second-order valence-electron chi connectivity index (χ2n) is 9.23. The van der Waals surface area contributed by atoms with E-state index in [1.54, 1.807) is 18.8 Å². The second-order valence-corrected chi connectivity index (χ2v) is 9.23. The van der Waals surface area contributed by atoms with Crippen LogP contribution >= 0.6 is 0 Å². The van der Waals surface area contributed by atoms with E-state index in [9.17, 15) is 0 Å². The van der Waals surface area contributed by atoms with Crippen molar-refractivity contribution in [2.75, 3.05) is 12.4 Å². The van der Waals surface area contributed by atoms with E-state index in [2.05, 4.69) is 47.8 Å². The predicted molar refractivity (Wildman–Crippen MR) is 136 cm³/mol. The molecule has 0 spiro atoms. The molecule has 0 unspecified atom stereocenters. The second kappa shape index (κ2) is 9.06. The van der Waals surface area contributed by atoms with Crippen LogP contribution in [0.4, 0.5) is 11.6 Å². The lowest BCUT2D eigenvalue weighted by Gasteiger charge is -2.25. The summed E-state index contributed by atoms with van der Waals surface area (Å²) in [4.78, 5) is 9.60. The lowest BCUT2D eigenvalue weighted by atomic mass is 9.95. The minimum atomic E-state index is 0.406. The number of benzene rings is 1. The number of nitrogens with zero attached hydrogens (tertiary/aromatic N) is 9. The van der Waals surface area contributed by atoms with Gasteiger partial charge in [-0.15, -0.1) is 5.10 Å². The van der Waals surface area contributed by atoms with Gasteiger partial charge in [-0.2, -0.15) is 10.1 Å². The van der Waals surface area contributed by atoms with Gasteiger partial charge in [-0.1, -0.05) is 19.3 Å². The zero-order valence-electron chi connectivity index (χ0n) is 20.6. The summed E-state index contributed by atoms with van der Waals surface area (Å²) in [5, 5.41) is 20.5. The summed E-state index contributed by atoms with van der Waals surface area (Å²) in [6.07, 6.45) is 11.9. The molecule has 1 aliphatic rings. The SMILES string of the molecule is COc1cc(-c2nnnn2C)ccc1Nc1ncc2cc(-c3cnn(C)c3)n(C3CCCCC3)c2n1. The number of tetrazole rings is 1. The zero-order valence-corrected chi connectivity index (χ0v) is 20.6. The first-order valence-corrected chi connectivity index (χ1v) is 12.2. The Morgan fingerprint density at radius 3 is 2.61 bits per heavy atom. The largest absolute Gasteiger partial charge is 0.495 e. The minimum absolute atomic E-state index is 0.406. The van der Waals surface area contributed by atoms with Gasteiger partial charge < -0.3 is 14.6 Å². The quantitative estimate of drug-likeness (QED) is 0.380. The highest BCUT2D eigenvalue weighted by atomic mass is 16.5. The summed E-state index contributed by atoms with van der Waals surface area (Å²) >= 11 is 0. The summed E-state index contributed by atoms with van der Waals surface area (Å²) < 4.78 is 11.5. The number of rotatable bonds is 6. The number of aryl methyl sites for hydroxylation is 2. The van der Waals surface area contributed by atoms with Gasteiger partial charge in [-0.05, 0) is 47.5 Å². The number of nitrogens with one attached hydrogen (secondary N) is 1. The lowest BCUT2D eigenvalue weighted by molar-refractivity contribution is 0.362. The molecule has 5 aromatic rings. The van der Waals surface area contributed by atoms with Gasteiger partial charge in [0.1, 0.15) is 11.4 Å². The molecule has 4 aromatic heterocycles. The molecule has 1 aromatic carbocycles. The van der Waals surface area contributed by atoms with E-state index in [0.29, 0.717) is 23.6 Å². The van der Waals surface area contributed by atoms with E-state index < -0.39 is 0 Å². The van der Waals surface area contributed by atoms with Gasteiger partial charge in [0.05, 0.1) is 24.7 Å². The van der Waals surface area contributed by atoms with Crippen molar-refractivity contribution in [2.24, 2.45) is 14.1 Å². The van der Waals surface area contributed by atoms with Crippen molar-refractivity contribution in [3.05, 3.63) is 42.9 Å². The molecular weight excluding hydrogens is 456 g/mol. The van der Waals surface area contributed by atoms with Crippen LogP contribution in [0, 0.1) is 0 Å². The molecule has 11 heteroatoms. The topological polar surface area (TPSA) is 113 Å². The maximum absolute atomic E-state index is 5.66. The van der Waals surface area contributed by atoms with Crippen LogP contribution in [0.2, 0.25) is 0 Å². The van der Waals surface area contributed by atoms with Gasteiger partial charge in [0, 0.05) is 49.0 Å². The van der Waals surface area contributed by atoms with Crippen LogP contribution in [-0.2, 0) is 14.1 Å². The van der Waals surface area contributed by atoms with E-state index in [0.717, 1.165) is 46.4 Å². The van der Waals surface area contributed by atoms with Crippen LogP contribution in [0.3, 0.4) is 0 Å². The van der Waals surface area contributed by atoms with Crippen molar-refractivity contribution >= 4 is 22.7 Å². The molecule has 4 heterocycles. The van der Waals surface area contributed by atoms with E-state index in [-0.39, 0.29) is 0 Å². The first-order chi connectivity index (χ1) is 17.6. The summed E-state index contributed by atoms with van der Waals surface area (Å²) in [5.74, 6) is 1.82. The Bertz CT molecular complexity index is 1530. The van der Waals surface area contributed by atoms with Crippen LogP contribution in [0.25, 0.3) is 33.7 Å². The summed E-state index contributed by atoms with van der Waals surface area (Å²) in [6.45, 7) is 0. The van der Waals surface area contributed by atoms with Gasteiger partial charge in [-0.3, -0.25) is 4.68 Å². The molecular formula is C25H28N10O. The highest BCUT2D eigenvalue weighted by molar-refractivity contribution is 5.85. The normalized spacial score (nSPS) is 14.4. The van der Waals surface area contributed by atoms with Crippen molar-refractivity contribution in [2.45, 2.75) is 38.1 Å². The number of anilines is 2. The third-order valence-corrected chi connectivity index (χ3v) is 6.84. The fourth-order valence-corrected chi connectivity index (χ4v) is 5.08. The molecule has 0 amide bonds. The molecule has 1 saturated carbocycles. The molecule has 0 radical (unpaired) electrons. The van der Waals surface area contributed by atoms with Crippen LogP contribution in [-0.4, -0.2) is 51.6 Å². The van der Waals surface area contributed by atoms with Crippen LogP contribution in [0.5, 0.6) is 5.75 Å². The van der Waals surface area contributed by atoms with Crippen molar-refractivity contribution in [3.8, 4) is 28.4 Å². The Hall–Kier alpha value is -4.28. The molecule has 0 atom stereocenters. The third-order valence-electron chi connectivity index (χ3n) is 6.84. The van der Waals surface area contributed by atoms with Crippen molar-refractivity contribution in [1.82, 2.24) is 44.5 Å². The molecule has 0 aliphatic heterocycles. The third kappa shape index (κ3) is 3.96. The highest BCUT2D eigenvalue weighted by Crippen LogP contribution is 2.37. The number of methoxy groups -OCH3 is 1. The van der Waals surface area contributed by atoms with E-state index in [1.165, 1.54) is 19.3 Å². The summed E-state index contributed by atoms with van der Waals surface area (Å²) in [7, 11) is 5.38. The number of hydrogen-bond donors (Lipinski definition) is 1. The highest BCUT2D eigenvalue weighted by Gasteiger charge is 2.23. The van der Waals surface area contributed by atoms with E-state index in [4.69, 9.17) is 9.72 Å². The Morgan fingerprint density at radius 2 is 1.89 bits per heavy atom. The van der Waals surface area contributed by atoms with Gasteiger partial charge in [0.15, 0.2) is 5.82 Å². The maximum Gasteiger partial charge on any atom is 0.229 e. The molecule has 1 aliphatic carbocycles. The molecule has 11 nitrogen and oxygen atoms in total. The lowest BCUT2D eigenvalue weighted by Crippen LogP contribution is -2.14. The van der Waals surface area contributed by atoms with E-state index >= 15 is 0 Å². The average Bonchev–Trinajstić information content (AvgIpc) is 3.62. The Labute approximate surface area is 208 Å². The van der Waals surface area contributed by atoms with E-state index in [1.807, 2.05) is 42.3 Å². The van der Waals surface area contributed by atoms with Crippen LogP contribution in [0.15, 0.2) is 42.9 Å². The number of hydrogen-bond acceptors (Lipinski definition) is 8. The molecule has 0 bridgehead atoms. The van der Waals surface area contributed by atoms with Crippen molar-refractivity contribution in [3.63, 3.8) is 0 Å². The number of fused-ring (bicyclic) bond motifs is 1. The molecule has 1 N–H and O–H groups in total. The fourth-order valence-electron chi connectivity index (χ4n) is 5.08. The first kappa shape index (κ1) is 22.2. The van der Waals surface area contributed by atoms with Gasteiger partial charge in [0.25, 0.3) is 0 Å². The Morgan fingerprint density at radius 1 is 1.03 bits per heavy atom. The summed E-state index contributed by atoms with van der Waals surface area (Å²) in [5.41, 5.74) is 4.77. The van der Waals surface area contributed by atoms with Gasteiger partial charge in [0.2, 0.25) is 5.95 Å². The predicted octanol–water partition coefficient (Wildman–Crippen LogP) is 4.28. The number of ether oxygens (including phenoxy) is 1. The maximum atomic E-state index is 5.66. The first-order valence-electron chi connectivity index (χ1n) is 12.2. The molecule has 1 fully saturated rings. The average molecular weight is 485 g/mol. The smallest absolute Gasteiger partial charge is 0.229 e. The summed E-state index contributed by atoms with van der Waals surface area (Å²) in [6, 6.07) is 8.35.